The van der Waals surface area contributed by atoms with E-state index < -0.39 is 4.92 Å². The van der Waals surface area contributed by atoms with E-state index in [2.05, 4.69) is 11.2 Å². The summed E-state index contributed by atoms with van der Waals surface area (Å²) in [5.74, 6) is 0. The van der Waals surface area contributed by atoms with Crippen LogP contribution in [0.3, 0.4) is 0 Å². The predicted molar refractivity (Wildman–Crippen MR) is 34.5 cm³/mol. The second-order valence-corrected chi connectivity index (χ2v) is 1.80. The summed E-state index contributed by atoms with van der Waals surface area (Å²) in [4.78, 5) is 13.3. The quantitative estimate of drug-likeness (QED) is 0.420. The summed E-state index contributed by atoms with van der Waals surface area (Å²) in [5, 5.41) is 10.2. The molecule has 0 saturated carbocycles. The summed E-state index contributed by atoms with van der Waals surface area (Å²) in [7, 11) is 0. The molecule has 0 radical (unpaired) electrons. The van der Waals surface area contributed by atoms with Crippen LogP contribution >= 0.6 is 0 Å². The molecule has 1 aromatic rings. The van der Waals surface area contributed by atoms with Crippen molar-refractivity contribution in [2.75, 3.05) is 0 Å². The van der Waals surface area contributed by atoms with Crippen molar-refractivity contribution in [3.63, 3.8) is 0 Å². The number of aromatic nitrogens is 1. The molecule has 0 aliphatic heterocycles. The largest absolute Gasteiger partial charge is 0.385 e. The van der Waals surface area contributed by atoms with Gasteiger partial charge in [-0.05, 0) is 0 Å². The van der Waals surface area contributed by atoms with Gasteiger partial charge in [-0.3, -0.25) is 10.1 Å². The Bertz CT molecular complexity index is 265. The number of rotatable bonds is 1. The summed E-state index contributed by atoms with van der Waals surface area (Å²) in [5.41, 5.74) is 0.436. The van der Waals surface area contributed by atoms with Gasteiger partial charge >= 0.3 is 0 Å². The molecular formula is C6H5N2O2U-. The number of pyridine rings is 1. The van der Waals surface area contributed by atoms with Gasteiger partial charge in [-0.25, -0.2) is 0 Å². The maximum Gasteiger partial charge on any atom is 0.186 e. The van der Waals surface area contributed by atoms with Crippen molar-refractivity contribution in [2.45, 2.75) is 6.92 Å². The van der Waals surface area contributed by atoms with Gasteiger partial charge < -0.3 is 4.98 Å². The first-order chi connectivity index (χ1) is 4.72. The molecule has 1 aromatic heterocycles. The third-order valence-corrected chi connectivity index (χ3v) is 1.12. The number of nitro groups is 1. The first-order valence-electron chi connectivity index (χ1n) is 2.70. The number of nitrogens with zero attached hydrogens (tertiary/aromatic N) is 2. The van der Waals surface area contributed by atoms with Crippen molar-refractivity contribution in [1.82, 2.24) is 4.98 Å². The van der Waals surface area contributed by atoms with E-state index in [4.69, 9.17) is 0 Å². The van der Waals surface area contributed by atoms with E-state index in [1.54, 1.807) is 6.92 Å². The van der Waals surface area contributed by atoms with Crippen LogP contribution in [0.4, 0.5) is 5.69 Å². The summed E-state index contributed by atoms with van der Waals surface area (Å²) in [6.45, 7) is 1.58. The smallest absolute Gasteiger partial charge is 0.186 e. The van der Waals surface area contributed by atoms with Crippen molar-refractivity contribution in [3.8, 4) is 0 Å². The molecule has 0 atom stereocenters. The monoisotopic (exact) mass is 375 g/mol. The number of hydrogen-bond donors (Lipinski definition) is 0. The Balaban J connectivity index is 0.000001000. The topological polar surface area (TPSA) is 56.0 Å². The van der Waals surface area contributed by atoms with E-state index in [1.165, 1.54) is 12.1 Å². The Morgan fingerprint density at radius 1 is 1.73 bits per heavy atom. The minimum atomic E-state index is -0.462. The summed E-state index contributed by atoms with van der Waals surface area (Å²) < 4.78 is 0. The molecule has 1 rings (SSSR count). The number of aryl methyl sites for hydroxylation is 1. The fourth-order valence-corrected chi connectivity index (χ4v) is 0.621. The van der Waals surface area contributed by atoms with Gasteiger partial charge in [-0.1, -0.05) is 19.2 Å². The zero-order chi connectivity index (χ0) is 7.56. The second kappa shape index (κ2) is 4.47. The summed E-state index contributed by atoms with van der Waals surface area (Å²) in [6, 6.07) is 2.80. The van der Waals surface area contributed by atoms with Gasteiger partial charge in [0.05, 0.1) is 0 Å². The van der Waals surface area contributed by atoms with Crippen LogP contribution in [0, 0.1) is 54.3 Å². The molecule has 1 heterocycles. The maximum atomic E-state index is 10.2. The Morgan fingerprint density at radius 3 is 2.73 bits per heavy atom. The first-order valence-corrected chi connectivity index (χ1v) is 2.70. The van der Waals surface area contributed by atoms with Crippen molar-refractivity contribution in [2.24, 2.45) is 0 Å². The summed E-state index contributed by atoms with van der Waals surface area (Å²) in [6.07, 6.45) is 2.50. The second-order valence-electron chi connectivity index (χ2n) is 1.80. The number of hydrogen-bond acceptors (Lipinski definition) is 3. The predicted octanol–water partition coefficient (Wildman–Crippen LogP) is 1.10. The molecule has 0 bridgehead atoms. The molecule has 11 heavy (non-hydrogen) atoms. The van der Waals surface area contributed by atoms with Crippen LogP contribution in [0.25, 0.3) is 0 Å². The van der Waals surface area contributed by atoms with Crippen LogP contribution in [0.2, 0.25) is 0 Å². The van der Waals surface area contributed by atoms with Crippen LogP contribution in [-0.4, -0.2) is 9.91 Å². The zero-order valence-corrected chi connectivity index (χ0v) is 10.0. The molecule has 0 aliphatic rings. The Labute approximate surface area is 87.5 Å². The maximum absolute atomic E-state index is 10.2. The normalized spacial score (nSPS) is 8.45. The van der Waals surface area contributed by atoms with Gasteiger partial charge in [0.25, 0.3) is 0 Å². The molecule has 0 N–H and O–H groups in total. The van der Waals surface area contributed by atoms with Crippen LogP contribution in [0.5, 0.6) is 0 Å². The van der Waals surface area contributed by atoms with E-state index in [0.717, 1.165) is 0 Å². The minimum absolute atomic E-state index is 0. The van der Waals surface area contributed by atoms with Crippen molar-refractivity contribution in [1.29, 1.82) is 0 Å². The molecule has 0 aromatic carbocycles. The first kappa shape index (κ1) is 10.6. The standard InChI is InChI=1S/C6H5N2O2.U/c1-5-6(8(9)10)3-2-4-7-5;/h2-3H,1H3;/q-1;. The third kappa shape index (κ3) is 2.60. The van der Waals surface area contributed by atoms with E-state index in [0.29, 0.717) is 5.69 Å². The van der Waals surface area contributed by atoms with Gasteiger partial charge in [0.1, 0.15) is 0 Å². The Kier molecular flexibility index (Phi) is 4.31. The average Bonchev–Trinajstić information content (AvgIpc) is 1.88. The SMILES string of the molecule is Cc1n[c-]ccc1[N+](=O)[O-].[U]. The molecule has 56 valence electrons. The van der Waals surface area contributed by atoms with Gasteiger partial charge in [0.15, 0.2) is 5.69 Å². The van der Waals surface area contributed by atoms with Gasteiger partial charge in [-0.2, -0.15) is 6.07 Å². The van der Waals surface area contributed by atoms with Crippen molar-refractivity contribution in [3.05, 3.63) is 34.1 Å². The zero-order valence-electron chi connectivity index (χ0n) is 5.87. The summed E-state index contributed by atoms with van der Waals surface area (Å²) >= 11 is 0. The van der Waals surface area contributed by atoms with Gasteiger partial charge in [0.2, 0.25) is 0 Å². The van der Waals surface area contributed by atoms with Crippen molar-refractivity contribution >= 4 is 5.69 Å². The molecule has 0 amide bonds. The fraction of sp³-hybridized carbons (Fsp3) is 0.167. The molecule has 4 nitrogen and oxygen atoms in total. The molecule has 0 saturated heterocycles. The van der Waals surface area contributed by atoms with E-state index in [1.807, 2.05) is 0 Å². The van der Waals surface area contributed by atoms with Gasteiger partial charge in [-0.15, -0.1) is 0 Å². The fourth-order valence-electron chi connectivity index (χ4n) is 0.621. The molecule has 0 unspecified atom stereocenters. The Morgan fingerprint density at radius 2 is 2.36 bits per heavy atom. The Hall–Kier alpha value is -0.398. The van der Waals surface area contributed by atoms with Gasteiger partial charge in [0, 0.05) is 41.7 Å². The minimum Gasteiger partial charge on any atom is -0.385 e. The van der Waals surface area contributed by atoms with E-state index in [-0.39, 0.29) is 36.8 Å². The average molecular weight is 375 g/mol. The van der Waals surface area contributed by atoms with E-state index in [9.17, 15) is 10.1 Å². The third-order valence-electron chi connectivity index (χ3n) is 1.12. The molecule has 0 aliphatic carbocycles. The molecule has 0 fully saturated rings. The van der Waals surface area contributed by atoms with Crippen LogP contribution in [-0.2, 0) is 0 Å². The van der Waals surface area contributed by atoms with Crippen LogP contribution in [0.1, 0.15) is 5.69 Å². The van der Waals surface area contributed by atoms with E-state index >= 15 is 0 Å². The molecule has 0 spiro atoms. The molecular weight excluding hydrogens is 370 g/mol. The van der Waals surface area contributed by atoms with Crippen LogP contribution in [0.15, 0.2) is 12.1 Å². The molecule has 5 heteroatoms. The van der Waals surface area contributed by atoms with Crippen molar-refractivity contribution < 1.29 is 36.0 Å². The van der Waals surface area contributed by atoms with Crippen LogP contribution < -0.4 is 0 Å².